The van der Waals surface area contributed by atoms with Crippen molar-refractivity contribution in [3.63, 3.8) is 0 Å². The highest BCUT2D eigenvalue weighted by Gasteiger charge is 2.20. The number of pyridine rings is 1. The third kappa shape index (κ3) is 5.40. The number of aliphatic hydroxyl groups is 1. The Hall–Kier alpha value is -3.05. The molecule has 0 amide bonds. The quantitative estimate of drug-likeness (QED) is 0.400. The first-order chi connectivity index (χ1) is 15.6. The van der Waals surface area contributed by atoms with Crippen molar-refractivity contribution in [2.75, 3.05) is 0 Å². The molecule has 2 aromatic heterocycles. The summed E-state index contributed by atoms with van der Waals surface area (Å²) in [5.41, 5.74) is 5.03. The van der Waals surface area contributed by atoms with Crippen LogP contribution in [0.2, 0.25) is 0 Å². The maximum atomic E-state index is 12.8. The van der Waals surface area contributed by atoms with Gasteiger partial charge in [-0.15, -0.1) is 0 Å². The molecule has 5 nitrogen and oxygen atoms in total. The first-order valence-corrected chi connectivity index (χ1v) is 11.6. The van der Waals surface area contributed by atoms with Crippen LogP contribution in [0.5, 0.6) is 0 Å². The van der Waals surface area contributed by atoms with Gasteiger partial charge in [0, 0.05) is 30.9 Å². The average Bonchev–Trinajstić information content (AvgIpc) is 3.36. The lowest BCUT2D eigenvalue weighted by atomic mass is 9.86. The van der Waals surface area contributed by atoms with Gasteiger partial charge in [0.1, 0.15) is 5.69 Å². The Morgan fingerprint density at radius 2 is 2.00 bits per heavy atom. The van der Waals surface area contributed by atoms with E-state index in [-0.39, 0.29) is 17.8 Å². The van der Waals surface area contributed by atoms with Crippen LogP contribution in [0.25, 0.3) is 5.69 Å². The van der Waals surface area contributed by atoms with Crippen molar-refractivity contribution >= 4 is 5.78 Å². The molecular formula is C27H31N3O2. The van der Waals surface area contributed by atoms with Gasteiger partial charge in [-0.25, -0.2) is 4.68 Å². The van der Waals surface area contributed by atoms with Crippen LogP contribution in [0.4, 0.5) is 0 Å². The number of rotatable bonds is 8. The summed E-state index contributed by atoms with van der Waals surface area (Å²) in [5, 5.41) is 14.4. The fourth-order valence-electron chi connectivity index (χ4n) is 4.39. The van der Waals surface area contributed by atoms with Crippen LogP contribution >= 0.6 is 0 Å². The Morgan fingerprint density at radius 3 is 2.72 bits per heavy atom. The van der Waals surface area contributed by atoms with E-state index in [1.165, 1.54) is 11.1 Å². The Labute approximate surface area is 189 Å². The molecule has 0 bridgehead atoms. The van der Waals surface area contributed by atoms with E-state index >= 15 is 0 Å². The second-order valence-electron chi connectivity index (χ2n) is 8.56. The van der Waals surface area contributed by atoms with Crippen LogP contribution in [0.3, 0.4) is 0 Å². The molecule has 4 rings (SSSR count). The molecule has 2 heterocycles. The number of aryl methyl sites for hydroxylation is 1. The molecule has 1 aliphatic carbocycles. The van der Waals surface area contributed by atoms with Gasteiger partial charge in [0.2, 0.25) is 0 Å². The molecule has 1 fully saturated rings. The normalized spacial score (nSPS) is 18.8. The van der Waals surface area contributed by atoms with Crippen LogP contribution in [0.1, 0.15) is 66.2 Å². The van der Waals surface area contributed by atoms with Gasteiger partial charge in [0.15, 0.2) is 5.78 Å². The zero-order valence-electron chi connectivity index (χ0n) is 18.7. The van der Waals surface area contributed by atoms with Gasteiger partial charge >= 0.3 is 0 Å². The number of Topliss-reactive ketones (excluding diaryl/α,β-unsaturated/α-hetero) is 1. The van der Waals surface area contributed by atoms with E-state index in [2.05, 4.69) is 41.3 Å². The van der Waals surface area contributed by atoms with Crippen LogP contribution in [0, 0.1) is 5.92 Å². The number of benzene rings is 1. The summed E-state index contributed by atoms with van der Waals surface area (Å²) in [6, 6.07) is 12.2. The minimum atomic E-state index is -0.275. The predicted octanol–water partition coefficient (Wildman–Crippen LogP) is 5.10. The van der Waals surface area contributed by atoms with Crippen LogP contribution in [0.15, 0.2) is 67.1 Å². The zero-order valence-corrected chi connectivity index (χ0v) is 18.7. The molecule has 3 aromatic rings. The fourth-order valence-corrected chi connectivity index (χ4v) is 4.39. The predicted molar refractivity (Wildman–Crippen MR) is 126 cm³/mol. The molecule has 1 aromatic carbocycles. The highest BCUT2D eigenvalue weighted by atomic mass is 16.3. The largest absolute Gasteiger partial charge is 0.393 e. The van der Waals surface area contributed by atoms with Gasteiger partial charge in [0.05, 0.1) is 11.8 Å². The van der Waals surface area contributed by atoms with E-state index in [1.54, 1.807) is 6.20 Å². The Morgan fingerprint density at radius 1 is 1.19 bits per heavy atom. The number of hydrogen-bond donors (Lipinski definition) is 1. The highest BCUT2D eigenvalue weighted by molar-refractivity contribution is 5.95. The number of aliphatic hydroxyl groups excluding tert-OH is 1. The minimum absolute atomic E-state index is 0.0180. The Kier molecular flexibility index (Phi) is 7.28. The molecule has 0 radical (unpaired) electrons. The number of carbonyl (C=O) groups is 1. The molecule has 1 N–H and O–H groups in total. The number of aromatic nitrogens is 3. The van der Waals surface area contributed by atoms with Gasteiger partial charge in [-0.05, 0) is 66.6 Å². The maximum Gasteiger partial charge on any atom is 0.184 e. The zero-order chi connectivity index (χ0) is 22.3. The third-order valence-corrected chi connectivity index (χ3v) is 6.32. The second kappa shape index (κ2) is 10.5. The third-order valence-electron chi connectivity index (χ3n) is 6.32. The van der Waals surface area contributed by atoms with Crippen molar-refractivity contribution in [1.82, 2.24) is 14.8 Å². The molecule has 2 atom stereocenters. The van der Waals surface area contributed by atoms with E-state index in [0.717, 1.165) is 49.8 Å². The summed E-state index contributed by atoms with van der Waals surface area (Å²) < 4.78 is 1.84. The van der Waals surface area contributed by atoms with Crippen molar-refractivity contribution in [3.8, 4) is 5.69 Å². The van der Waals surface area contributed by atoms with E-state index in [4.69, 9.17) is 0 Å². The summed E-state index contributed by atoms with van der Waals surface area (Å²) in [6.45, 7) is 2.11. The molecular weight excluding hydrogens is 398 g/mol. The van der Waals surface area contributed by atoms with E-state index < -0.39 is 0 Å². The minimum Gasteiger partial charge on any atom is -0.393 e. The molecule has 0 saturated heterocycles. The van der Waals surface area contributed by atoms with Gasteiger partial charge in [0.25, 0.3) is 0 Å². The lowest BCUT2D eigenvalue weighted by molar-refractivity contribution is 0.0920. The van der Waals surface area contributed by atoms with Crippen molar-refractivity contribution < 1.29 is 9.90 Å². The second-order valence-corrected chi connectivity index (χ2v) is 8.56. The topological polar surface area (TPSA) is 68.0 Å². The summed E-state index contributed by atoms with van der Waals surface area (Å²) in [4.78, 5) is 17.2. The maximum absolute atomic E-state index is 12.8. The lowest BCUT2D eigenvalue weighted by Crippen LogP contribution is -2.22. The number of hydrogen-bond acceptors (Lipinski definition) is 4. The molecule has 5 heteroatoms. The van der Waals surface area contributed by atoms with Crippen molar-refractivity contribution in [1.29, 1.82) is 0 Å². The monoisotopic (exact) mass is 429 g/mol. The lowest BCUT2D eigenvalue weighted by Gasteiger charge is -2.24. The number of ketones is 1. The van der Waals surface area contributed by atoms with Crippen molar-refractivity contribution in [3.05, 3.63) is 89.5 Å². The van der Waals surface area contributed by atoms with Crippen molar-refractivity contribution in [2.24, 2.45) is 5.92 Å². The molecule has 0 aliphatic heterocycles. The summed E-state index contributed by atoms with van der Waals surface area (Å²) in [6.07, 6.45) is 15.2. The SMILES string of the molecule is CCc1cnc(C(=O)C/C=C/[C@H]2CCCC[C@@H]2O)cc1Cc1ccc(-n2cccn2)cc1. The van der Waals surface area contributed by atoms with Crippen LogP contribution in [-0.2, 0) is 12.8 Å². The summed E-state index contributed by atoms with van der Waals surface area (Å²) in [5.74, 6) is 0.191. The fraction of sp³-hybridized carbons (Fsp3) is 0.370. The van der Waals surface area contributed by atoms with Crippen LogP contribution in [-0.4, -0.2) is 31.8 Å². The number of allylic oxidation sites excluding steroid dienone is 1. The standard InChI is InChI=1S/C27H31N3O2/c1-2-21-19-28-25(27(32)10-5-8-22-7-3-4-9-26(22)31)18-23(21)17-20-11-13-24(14-12-20)30-16-6-15-29-30/h5-6,8,11-16,18-19,22,26,31H,2-4,7,9-10,17H2,1H3/b8-5+/t22-,26+/m1/s1. The molecule has 1 aliphatic rings. The van der Waals surface area contributed by atoms with Gasteiger partial charge in [-0.3, -0.25) is 9.78 Å². The summed E-state index contributed by atoms with van der Waals surface area (Å²) in [7, 11) is 0. The summed E-state index contributed by atoms with van der Waals surface area (Å²) >= 11 is 0. The van der Waals surface area contributed by atoms with Crippen LogP contribution < -0.4 is 0 Å². The Balaban J connectivity index is 1.44. The molecule has 32 heavy (non-hydrogen) atoms. The number of nitrogens with zero attached hydrogens (tertiary/aromatic N) is 3. The molecule has 0 unspecified atom stereocenters. The molecule has 166 valence electrons. The Bertz CT molecular complexity index is 1060. The van der Waals surface area contributed by atoms with E-state index in [1.807, 2.05) is 41.4 Å². The highest BCUT2D eigenvalue weighted by Crippen LogP contribution is 2.25. The van der Waals surface area contributed by atoms with Gasteiger partial charge < -0.3 is 5.11 Å². The first kappa shape index (κ1) is 22.2. The van der Waals surface area contributed by atoms with E-state index in [9.17, 15) is 9.90 Å². The van der Waals surface area contributed by atoms with Gasteiger partial charge in [-0.2, -0.15) is 5.10 Å². The van der Waals surface area contributed by atoms with Crippen molar-refractivity contribution in [2.45, 2.75) is 58.0 Å². The molecule has 0 spiro atoms. The number of carbonyl (C=O) groups excluding carboxylic acids is 1. The van der Waals surface area contributed by atoms with Gasteiger partial charge in [-0.1, -0.05) is 44.1 Å². The molecule has 1 saturated carbocycles. The smallest absolute Gasteiger partial charge is 0.184 e. The van der Waals surface area contributed by atoms with E-state index in [0.29, 0.717) is 12.1 Å². The average molecular weight is 430 g/mol. The first-order valence-electron chi connectivity index (χ1n) is 11.6.